The monoisotopic (exact) mass is 331 g/mol. The number of hydrogen-bond acceptors (Lipinski definition) is 3. The molecular formula is C14H26BrN3O. The number of aryl methyl sites for hydroxylation is 2. The summed E-state index contributed by atoms with van der Waals surface area (Å²) in [5.74, 6) is 0. The Bertz CT molecular complexity index is 413. The maximum Gasteiger partial charge on any atom is 0.0766 e. The highest BCUT2D eigenvalue weighted by Crippen LogP contribution is 2.26. The minimum absolute atomic E-state index is 0.450. The van der Waals surface area contributed by atoms with Crippen molar-refractivity contribution in [3.05, 3.63) is 15.9 Å². The van der Waals surface area contributed by atoms with Gasteiger partial charge >= 0.3 is 0 Å². The number of nitrogens with zero attached hydrogens (tertiary/aromatic N) is 2. The molecule has 1 rings (SSSR count). The lowest BCUT2D eigenvalue weighted by molar-refractivity contribution is 0.0490. The van der Waals surface area contributed by atoms with Gasteiger partial charge in [0.2, 0.25) is 0 Å². The van der Waals surface area contributed by atoms with Crippen molar-refractivity contribution >= 4 is 15.9 Å². The summed E-state index contributed by atoms with van der Waals surface area (Å²) in [4.78, 5) is 0. The van der Waals surface area contributed by atoms with Gasteiger partial charge in [-0.25, -0.2) is 0 Å². The molecule has 1 aromatic rings. The molecule has 0 aliphatic carbocycles. The molecule has 0 fully saturated rings. The molecule has 1 unspecified atom stereocenters. The van der Waals surface area contributed by atoms with Gasteiger partial charge in [-0.15, -0.1) is 0 Å². The van der Waals surface area contributed by atoms with Crippen LogP contribution in [0.1, 0.15) is 45.5 Å². The van der Waals surface area contributed by atoms with Crippen molar-refractivity contribution in [2.45, 2.75) is 58.6 Å². The van der Waals surface area contributed by atoms with Gasteiger partial charge in [-0.05, 0) is 42.2 Å². The van der Waals surface area contributed by atoms with Gasteiger partial charge in [-0.1, -0.05) is 20.8 Å². The lowest BCUT2D eigenvalue weighted by atomic mass is 9.95. The zero-order chi connectivity index (χ0) is 14.6. The fraction of sp³-hybridized carbons (Fsp3) is 0.786. The molecule has 0 aliphatic heterocycles. The van der Waals surface area contributed by atoms with E-state index in [1.54, 1.807) is 0 Å². The number of aliphatic hydroxyl groups is 1. The van der Waals surface area contributed by atoms with Crippen molar-refractivity contribution in [3.8, 4) is 0 Å². The molecule has 0 aliphatic rings. The SMILES string of the molecule is CCc1nn(C)c(CC(C)(O)CCNC(C)C)c1Br. The Morgan fingerprint density at radius 2 is 2.11 bits per heavy atom. The molecule has 2 N–H and O–H groups in total. The van der Waals surface area contributed by atoms with Crippen LogP contribution in [-0.4, -0.2) is 33.1 Å². The molecule has 1 heterocycles. The highest BCUT2D eigenvalue weighted by Gasteiger charge is 2.25. The summed E-state index contributed by atoms with van der Waals surface area (Å²) < 4.78 is 2.90. The molecule has 110 valence electrons. The van der Waals surface area contributed by atoms with Crippen LogP contribution in [0.4, 0.5) is 0 Å². The molecule has 0 amide bonds. The zero-order valence-corrected chi connectivity index (χ0v) is 14.2. The van der Waals surface area contributed by atoms with Crippen LogP contribution in [0.25, 0.3) is 0 Å². The maximum atomic E-state index is 10.5. The summed E-state index contributed by atoms with van der Waals surface area (Å²) in [5.41, 5.74) is 1.39. The first-order valence-corrected chi connectivity index (χ1v) is 7.72. The van der Waals surface area contributed by atoms with Gasteiger partial charge in [0.15, 0.2) is 0 Å². The highest BCUT2D eigenvalue weighted by molar-refractivity contribution is 9.10. The predicted octanol–water partition coefficient (Wildman–Crippen LogP) is 2.43. The average Bonchev–Trinajstić information content (AvgIpc) is 2.55. The standard InChI is InChI=1S/C14H26BrN3O/c1-6-11-13(15)12(18(5)17-11)9-14(4,19)7-8-16-10(2)3/h10,16,19H,6-9H2,1-5H3. The van der Waals surface area contributed by atoms with Crippen molar-refractivity contribution in [1.82, 2.24) is 15.1 Å². The third-order valence-corrected chi connectivity index (χ3v) is 4.18. The summed E-state index contributed by atoms with van der Waals surface area (Å²) in [6, 6.07) is 0.450. The second-order valence-corrected chi connectivity index (χ2v) is 6.51. The first kappa shape index (κ1) is 16.7. The van der Waals surface area contributed by atoms with Crippen LogP contribution in [0.3, 0.4) is 0 Å². The number of halogens is 1. The maximum absolute atomic E-state index is 10.5. The molecule has 0 saturated carbocycles. The van der Waals surface area contributed by atoms with Crippen LogP contribution in [0.2, 0.25) is 0 Å². The van der Waals surface area contributed by atoms with Crippen LogP contribution in [0.15, 0.2) is 4.47 Å². The van der Waals surface area contributed by atoms with E-state index >= 15 is 0 Å². The third-order valence-electron chi connectivity index (χ3n) is 3.27. The van der Waals surface area contributed by atoms with E-state index < -0.39 is 5.60 Å². The number of aromatic nitrogens is 2. The van der Waals surface area contributed by atoms with Gasteiger partial charge in [-0.3, -0.25) is 4.68 Å². The molecule has 0 bridgehead atoms. The van der Waals surface area contributed by atoms with Crippen molar-refractivity contribution in [1.29, 1.82) is 0 Å². The minimum Gasteiger partial charge on any atom is -0.390 e. The normalized spacial score (nSPS) is 14.9. The second kappa shape index (κ2) is 6.86. The van der Waals surface area contributed by atoms with Crippen molar-refractivity contribution in [3.63, 3.8) is 0 Å². The summed E-state index contributed by atoms with van der Waals surface area (Å²) >= 11 is 3.60. The van der Waals surface area contributed by atoms with Crippen molar-refractivity contribution < 1.29 is 5.11 Å². The van der Waals surface area contributed by atoms with E-state index in [-0.39, 0.29) is 0 Å². The van der Waals surface area contributed by atoms with E-state index in [0.29, 0.717) is 12.5 Å². The van der Waals surface area contributed by atoms with Gasteiger partial charge in [0, 0.05) is 19.5 Å². The van der Waals surface area contributed by atoms with E-state index in [4.69, 9.17) is 0 Å². The molecule has 1 atom stereocenters. The quantitative estimate of drug-likeness (QED) is 0.806. The third kappa shape index (κ3) is 4.89. The fourth-order valence-electron chi connectivity index (χ4n) is 2.09. The lowest BCUT2D eigenvalue weighted by Crippen LogP contribution is -2.35. The van der Waals surface area contributed by atoms with Crippen molar-refractivity contribution in [2.75, 3.05) is 6.54 Å². The first-order chi connectivity index (χ1) is 8.76. The summed E-state index contributed by atoms with van der Waals surface area (Å²) in [6.07, 6.45) is 2.23. The number of nitrogens with one attached hydrogen (secondary N) is 1. The summed E-state index contributed by atoms with van der Waals surface area (Å²) in [5, 5.41) is 18.3. The molecule has 0 saturated heterocycles. The molecule has 0 spiro atoms. The molecule has 0 radical (unpaired) electrons. The average molecular weight is 332 g/mol. The topological polar surface area (TPSA) is 50.1 Å². The fourth-order valence-corrected chi connectivity index (χ4v) is 2.85. The van der Waals surface area contributed by atoms with E-state index in [9.17, 15) is 5.11 Å². The molecule has 4 nitrogen and oxygen atoms in total. The van der Waals surface area contributed by atoms with Crippen LogP contribution in [0.5, 0.6) is 0 Å². The van der Waals surface area contributed by atoms with Crippen LogP contribution in [0, 0.1) is 0 Å². The number of rotatable bonds is 7. The Morgan fingerprint density at radius 3 is 2.58 bits per heavy atom. The zero-order valence-electron chi connectivity index (χ0n) is 12.6. The van der Waals surface area contributed by atoms with E-state index in [1.165, 1.54) is 0 Å². The van der Waals surface area contributed by atoms with Crippen LogP contribution < -0.4 is 5.32 Å². The van der Waals surface area contributed by atoms with E-state index in [1.807, 2.05) is 18.7 Å². The predicted molar refractivity (Wildman–Crippen MR) is 82.4 cm³/mol. The van der Waals surface area contributed by atoms with Crippen molar-refractivity contribution in [2.24, 2.45) is 7.05 Å². The van der Waals surface area contributed by atoms with Gasteiger partial charge < -0.3 is 10.4 Å². The molecule has 1 aromatic heterocycles. The Hall–Kier alpha value is -0.390. The molecule has 5 heteroatoms. The Balaban J connectivity index is 2.69. The highest BCUT2D eigenvalue weighted by atomic mass is 79.9. The van der Waals surface area contributed by atoms with Crippen LogP contribution in [-0.2, 0) is 19.9 Å². The smallest absolute Gasteiger partial charge is 0.0766 e. The van der Waals surface area contributed by atoms with E-state index in [0.717, 1.165) is 35.2 Å². The first-order valence-electron chi connectivity index (χ1n) is 6.93. The van der Waals surface area contributed by atoms with E-state index in [2.05, 4.69) is 47.1 Å². The Kier molecular flexibility index (Phi) is 6.02. The lowest BCUT2D eigenvalue weighted by Gasteiger charge is -2.24. The minimum atomic E-state index is -0.719. The van der Waals surface area contributed by atoms with Crippen LogP contribution >= 0.6 is 15.9 Å². The van der Waals surface area contributed by atoms with Gasteiger partial charge in [0.1, 0.15) is 0 Å². The van der Waals surface area contributed by atoms with Gasteiger partial charge in [-0.2, -0.15) is 5.10 Å². The summed E-state index contributed by atoms with van der Waals surface area (Å²) in [6.45, 7) is 9.02. The molecular weight excluding hydrogens is 306 g/mol. The van der Waals surface area contributed by atoms with Gasteiger partial charge in [0.05, 0.1) is 21.5 Å². The second-order valence-electron chi connectivity index (χ2n) is 5.72. The number of hydrogen-bond donors (Lipinski definition) is 2. The molecule has 19 heavy (non-hydrogen) atoms. The van der Waals surface area contributed by atoms with Gasteiger partial charge in [0.25, 0.3) is 0 Å². The largest absolute Gasteiger partial charge is 0.390 e. The Labute approximate surface area is 124 Å². The molecule has 0 aromatic carbocycles. The summed E-state index contributed by atoms with van der Waals surface area (Å²) in [7, 11) is 1.93. The Morgan fingerprint density at radius 1 is 1.47 bits per heavy atom.